The summed E-state index contributed by atoms with van der Waals surface area (Å²) in [5.74, 6) is 0.579. The number of nitrogens with zero attached hydrogens (tertiary/aromatic N) is 3. The first kappa shape index (κ1) is 12.6. The maximum absolute atomic E-state index is 11.9. The standard InChI is InChI=1S/C11H17N5O2/c1-5(2)16-9-7(10(17)14-11(16)18)15(4)8(13-9)6(3)12/h5-6H,12H2,1-4H3,(H,14,17,18). The summed E-state index contributed by atoms with van der Waals surface area (Å²) in [7, 11) is 1.72. The number of fused-ring (bicyclic) bond motifs is 1. The quantitative estimate of drug-likeness (QED) is 0.786. The van der Waals surface area contributed by atoms with E-state index in [2.05, 4.69) is 9.97 Å². The average Bonchev–Trinajstić information content (AvgIpc) is 2.55. The monoisotopic (exact) mass is 251 g/mol. The van der Waals surface area contributed by atoms with Gasteiger partial charge in [-0.3, -0.25) is 14.3 Å². The molecule has 0 spiro atoms. The van der Waals surface area contributed by atoms with Crippen LogP contribution < -0.4 is 17.0 Å². The summed E-state index contributed by atoms with van der Waals surface area (Å²) in [6, 6.07) is -0.398. The van der Waals surface area contributed by atoms with Crippen molar-refractivity contribution >= 4 is 11.2 Å². The Bertz CT molecular complexity index is 705. The van der Waals surface area contributed by atoms with E-state index < -0.39 is 11.2 Å². The van der Waals surface area contributed by atoms with Crippen molar-refractivity contribution in [3.63, 3.8) is 0 Å². The van der Waals surface area contributed by atoms with E-state index in [-0.39, 0.29) is 12.1 Å². The van der Waals surface area contributed by atoms with E-state index in [1.165, 1.54) is 4.57 Å². The van der Waals surface area contributed by atoms with Crippen LogP contribution in [0.4, 0.5) is 0 Å². The second kappa shape index (κ2) is 4.09. The first-order valence-electron chi connectivity index (χ1n) is 5.81. The summed E-state index contributed by atoms with van der Waals surface area (Å²) in [6.07, 6.45) is 0. The number of hydrogen-bond acceptors (Lipinski definition) is 4. The molecule has 2 aromatic rings. The Kier molecular flexibility index (Phi) is 2.86. The van der Waals surface area contributed by atoms with Crippen LogP contribution in [0.15, 0.2) is 9.59 Å². The van der Waals surface area contributed by atoms with E-state index in [4.69, 9.17) is 5.73 Å². The third kappa shape index (κ3) is 1.67. The highest BCUT2D eigenvalue weighted by atomic mass is 16.2. The Hall–Kier alpha value is -1.89. The van der Waals surface area contributed by atoms with Gasteiger partial charge in [-0.1, -0.05) is 0 Å². The van der Waals surface area contributed by atoms with Gasteiger partial charge in [0, 0.05) is 13.1 Å². The number of hydrogen-bond donors (Lipinski definition) is 2. The highest BCUT2D eigenvalue weighted by molar-refractivity contribution is 5.71. The fourth-order valence-electron chi connectivity index (χ4n) is 2.12. The molecule has 0 saturated carbocycles. The maximum Gasteiger partial charge on any atom is 0.330 e. The zero-order chi connectivity index (χ0) is 13.6. The summed E-state index contributed by atoms with van der Waals surface area (Å²) < 4.78 is 3.10. The van der Waals surface area contributed by atoms with Crippen LogP contribution in [-0.4, -0.2) is 19.1 Å². The maximum atomic E-state index is 11.9. The van der Waals surface area contributed by atoms with Gasteiger partial charge in [-0.15, -0.1) is 0 Å². The molecule has 98 valence electrons. The van der Waals surface area contributed by atoms with Crippen molar-refractivity contribution in [1.29, 1.82) is 0 Å². The number of imidazole rings is 1. The second-order valence-corrected chi connectivity index (χ2v) is 4.71. The van der Waals surface area contributed by atoms with E-state index in [0.717, 1.165) is 0 Å². The number of H-pyrrole nitrogens is 1. The highest BCUT2D eigenvalue weighted by Crippen LogP contribution is 2.16. The van der Waals surface area contributed by atoms with Crippen LogP contribution in [0.2, 0.25) is 0 Å². The van der Waals surface area contributed by atoms with Crippen molar-refractivity contribution in [2.75, 3.05) is 0 Å². The fourth-order valence-corrected chi connectivity index (χ4v) is 2.12. The zero-order valence-electron chi connectivity index (χ0n) is 10.9. The van der Waals surface area contributed by atoms with E-state index in [9.17, 15) is 9.59 Å². The van der Waals surface area contributed by atoms with Crippen LogP contribution in [0.5, 0.6) is 0 Å². The second-order valence-electron chi connectivity index (χ2n) is 4.71. The largest absolute Gasteiger partial charge is 0.330 e. The lowest BCUT2D eigenvalue weighted by Gasteiger charge is -2.09. The van der Waals surface area contributed by atoms with Crippen molar-refractivity contribution in [3.8, 4) is 0 Å². The minimum Gasteiger partial charge on any atom is -0.324 e. The van der Waals surface area contributed by atoms with Crippen LogP contribution in [-0.2, 0) is 7.05 Å². The smallest absolute Gasteiger partial charge is 0.324 e. The summed E-state index contributed by atoms with van der Waals surface area (Å²) in [6.45, 7) is 5.51. The molecule has 7 nitrogen and oxygen atoms in total. The SMILES string of the molecule is CC(N)c1nc2c(c(=O)[nH]c(=O)n2C(C)C)n1C. The molecule has 0 radical (unpaired) electrons. The molecule has 7 heteroatoms. The van der Waals surface area contributed by atoms with Crippen molar-refractivity contribution < 1.29 is 0 Å². The Morgan fingerprint density at radius 3 is 2.39 bits per heavy atom. The zero-order valence-corrected chi connectivity index (χ0v) is 10.9. The Morgan fingerprint density at radius 2 is 1.89 bits per heavy atom. The molecule has 2 aromatic heterocycles. The topological polar surface area (TPSA) is 98.7 Å². The van der Waals surface area contributed by atoms with Crippen molar-refractivity contribution in [2.24, 2.45) is 12.8 Å². The molecule has 2 rings (SSSR count). The third-order valence-corrected chi connectivity index (χ3v) is 2.92. The molecule has 3 N–H and O–H groups in total. The fraction of sp³-hybridized carbons (Fsp3) is 0.545. The molecule has 0 fully saturated rings. The molecule has 0 bridgehead atoms. The molecule has 1 atom stereocenters. The number of aromatic nitrogens is 4. The minimum absolute atomic E-state index is 0.0901. The lowest BCUT2D eigenvalue weighted by molar-refractivity contribution is 0.579. The third-order valence-electron chi connectivity index (χ3n) is 2.92. The molecule has 0 aliphatic carbocycles. The molecule has 0 saturated heterocycles. The van der Waals surface area contributed by atoms with Crippen LogP contribution in [0.25, 0.3) is 11.2 Å². The predicted octanol–water partition coefficient (Wildman–Crippen LogP) is 0.0239. The molecular weight excluding hydrogens is 234 g/mol. The van der Waals surface area contributed by atoms with Gasteiger partial charge in [-0.05, 0) is 20.8 Å². The Labute approximate surface area is 103 Å². The number of aryl methyl sites for hydroxylation is 1. The summed E-state index contributed by atoms with van der Waals surface area (Å²) >= 11 is 0. The van der Waals surface area contributed by atoms with Gasteiger partial charge in [0.1, 0.15) is 5.82 Å². The normalized spacial score (nSPS) is 13.4. The van der Waals surface area contributed by atoms with Crippen molar-refractivity contribution in [3.05, 3.63) is 26.7 Å². The summed E-state index contributed by atoms with van der Waals surface area (Å²) in [4.78, 5) is 30.3. The van der Waals surface area contributed by atoms with Crippen molar-refractivity contribution in [1.82, 2.24) is 19.1 Å². The van der Waals surface area contributed by atoms with Crippen LogP contribution >= 0.6 is 0 Å². The molecule has 0 aliphatic rings. The predicted molar refractivity (Wildman–Crippen MR) is 68.6 cm³/mol. The van der Waals surface area contributed by atoms with Gasteiger partial charge in [-0.2, -0.15) is 0 Å². The summed E-state index contributed by atoms with van der Waals surface area (Å²) in [5, 5.41) is 0. The Balaban J connectivity index is 3.01. The van der Waals surface area contributed by atoms with E-state index in [1.54, 1.807) is 18.5 Å². The molecule has 18 heavy (non-hydrogen) atoms. The van der Waals surface area contributed by atoms with Gasteiger partial charge in [0.05, 0.1) is 6.04 Å². The lowest BCUT2D eigenvalue weighted by atomic mass is 10.3. The van der Waals surface area contributed by atoms with Gasteiger partial charge in [0.2, 0.25) is 0 Å². The minimum atomic E-state index is -0.447. The molecule has 0 amide bonds. The number of nitrogens with one attached hydrogen (secondary N) is 1. The molecule has 0 aromatic carbocycles. The van der Waals surface area contributed by atoms with E-state index >= 15 is 0 Å². The Morgan fingerprint density at radius 1 is 1.28 bits per heavy atom. The molecule has 0 aliphatic heterocycles. The average molecular weight is 251 g/mol. The number of rotatable bonds is 2. The first-order valence-corrected chi connectivity index (χ1v) is 5.81. The van der Waals surface area contributed by atoms with Gasteiger partial charge >= 0.3 is 5.69 Å². The summed E-state index contributed by atoms with van der Waals surface area (Å²) in [5.41, 5.74) is 5.68. The number of nitrogens with two attached hydrogens (primary N) is 1. The van der Waals surface area contributed by atoms with E-state index in [1.807, 2.05) is 13.8 Å². The lowest BCUT2D eigenvalue weighted by Crippen LogP contribution is -2.31. The number of aromatic amines is 1. The van der Waals surface area contributed by atoms with Gasteiger partial charge in [0.15, 0.2) is 11.2 Å². The van der Waals surface area contributed by atoms with Crippen molar-refractivity contribution in [2.45, 2.75) is 32.9 Å². The van der Waals surface area contributed by atoms with Crippen LogP contribution in [0.1, 0.15) is 38.7 Å². The van der Waals surface area contributed by atoms with Gasteiger partial charge in [-0.25, -0.2) is 9.78 Å². The molecule has 1 unspecified atom stereocenters. The van der Waals surface area contributed by atoms with E-state index in [0.29, 0.717) is 17.0 Å². The first-order chi connectivity index (χ1) is 8.34. The van der Waals surface area contributed by atoms with Gasteiger partial charge in [0.25, 0.3) is 5.56 Å². The van der Waals surface area contributed by atoms with Crippen LogP contribution in [0, 0.1) is 0 Å². The molecular formula is C11H17N5O2. The van der Waals surface area contributed by atoms with Gasteiger partial charge < -0.3 is 10.3 Å². The highest BCUT2D eigenvalue weighted by Gasteiger charge is 2.19. The van der Waals surface area contributed by atoms with Crippen LogP contribution in [0.3, 0.4) is 0 Å². The molecule has 2 heterocycles.